The number of nitrogens with zero attached hydrogens (tertiary/aromatic N) is 4. The molecule has 0 aliphatic heterocycles. The van der Waals surface area contributed by atoms with Gasteiger partial charge in [-0.3, -0.25) is 10.1 Å². The van der Waals surface area contributed by atoms with Gasteiger partial charge in [0.25, 0.3) is 0 Å². The Bertz CT molecular complexity index is 1020. The van der Waals surface area contributed by atoms with Crippen LogP contribution in [0.15, 0.2) is 55.0 Å². The second-order valence-corrected chi connectivity index (χ2v) is 5.69. The van der Waals surface area contributed by atoms with E-state index < -0.39 is 5.82 Å². The highest BCUT2D eigenvalue weighted by atomic mass is 19.1. The second-order valence-electron chi connectivity index (χ2n) is 5.69. The molecule has 0 saturated carbocycles. The third-order valence-electron chi connectivity index (χ3n) is 3.84. The Hall–Kier alpha value is -3.55. The molecule has 0 saturated heterocycles. The average Bonchev–Trinajstić information content (AvgIpc) is 3.13. The van der Waals surface area contributed by atoms with E-state index in [0.717, 1.165) is 28.5 Å². The van der Waals surface area contributed by atoms with Crippen LogP contribution in [0.2, 0.25) is 0 Å². The van der Waals surface area contributed by atoms with E-state index in [1.807, 2.05) is 36.4 Å². The van der Waals surface area contributed by atoms with Gasteiger partial charge in [0.15, 0.2) is 11.6 Å². The summed E-state index contributed by atoms with van der Waals surface area (Å²) in [5.74, 6) is -0.0285. The standard InChI is InChI=1S/C18H16FN7/c19-15-11-22-18(24-14-4-5-16-12(9-14)10-23-26-16)25-17(15)21-8-6-13-3-1-2-7-20-13/h1-5,7,9-11H,6,8H2,(H,23,26)(H2,21,22,24,25). The molecular formula is C18H16FN7. The fourth-order valence-electron chi connectivity index (χ4n) is 2.56. The molecule has 3 N–H and O–H groups in total. The lowest BCUT2D eigenvalue weighted by Gasteiger charge is -2.09. The van der Waals surface area contributed by atoms with Gasteiger partial charge in [-0.15, -0.1) is 0 Å². The maximum Gasteiger partial charge on any atom is 0.229 e. The van der Waals surface area contributed by atoms with E-state index in [1.165, 1.54) is 0 Å². The van der Waals surface area contributed by atoms with Gasteiger partial charge in [-0.25, -0.2) is 9.37 Å². The van der Waals surface area contributed by atoms with Crippen LogP contribution in [0.1, 0.15) is 5.69 Å². The summed E-state index contributed by atoms with van der Waals surface area (Å²) >= 11 is 0. The van der Waals surface area contributed by atoms with Gasteiger partial charge in [0.05, 0.1) is 17.9 Å². The van der Waals surface area contributed by atoms with Gasteiger partial charge in [-0.2, -0.15) is 10.1 Å². The van der Waals surface area contributed by atoms with Crippen molar-refractivity contribution in [1.82, 2.24) is 25.1 Å². The summed E-state index contributed by atoms with van der Waals surface area (Å²) in [7, 11) is 0. The van der Waals surface area contributed by atoms with Crippen molar-refractivity contribution in [3.8, 4) is 0 Å². The van der Waals surface area contributed by atoms with E-state index >= 15 is 0 Å². The summed E-state index contributed by atoms with van der Waals surface area (Å²) in [4.78, 5) is 12.4. The summed E-state index contributed by atoms with van der Waals surface area (Å²) in [6.45, 7) is 0.519. The number of aromatic nitrogens is 5. The highest BCUT2D eigenvalue weighted by Crippen LogP contribution is 2.20. The molecule has 3 heterocycles. The smallest absolute Gasteiger partial charge is 0.229 e. The molecule has 0 spiro atoms. The Morgan fingerprint density at radius 3 is 2.92 bits per heavy atom. The van der Waals surface area contributed by atoms with Crippen molar-refractivity contribution < 1.29 is 4.39 Å². The average molecular weight is 349 g/mol. The van der Waals surface area contributed by atoms with Crippen molar-refractivity contribution >= 4 is 28.4 Å². The third-order valence-corrected chi connectivity index (χ3v) is 3.84. The topological polar surface area (TPSA) is 91.4 Å². The fourth-order valence-corrected chi connectivity index (χ4v) is 2.56. The summed E-state index contributed by atoms with van der Waals surface area (Å²) in [5, 5.41) is 13.9. The number of nitrogens with one attached hydrogen (secondary N) is 3. The van der Waals surface area contributed by atoms with Gasteiger partial charge < -0.3 is 10.6 Å². The lowest BCUT2D eigenvalue weighted by molar-refractivity contribution is 0.617. The Morgan fingerprint density at radius 2 is 2.04 bits per heavy atom. The van der Waals surface area contributed by atoms with E-state index in [2.05, 4.69) is 35.8 Å². The Balaban J connectivity index is 1.45. The molecule has 0 aliphatic rings. The fraction of sp³-hybridized carbons (Fsp3) is 0.111. The first-order valence-electron chi connectivity index (χ1n) is 8.14. The van der Waals surface area contributed by atoms with Gasteiger partial charge in [0.1, 0.15) is 0 Å². The van der Waals surface area contributed by atoms with Crippen LogP contribution in [0.3, 0.4) is 0 Å². The molecule has 0 unspecified atom stereocenters. The van der Waals surface area contributed by atoms with E-state index in [-0.39, 0.29) is 5.82 Å². The normalized spacial score (nSPS) is 10.8. The van der Waals surface area contributed by atoms with Crippen molar-refractivity contribution in [1.29, 1.82) is 0 Å². The number of rotatable bonds is 6. The molecule has 26 heavy (non-hydrogen) atoms. The van der Waals surface area contributed by atoms with Crippen molar-refractivity contribution in [3.05, 3.63) is 66.5 Å². The molecular weight excluding hydrogens is 333 g/mol. The SMILES string of the molecule is Fc1cnc(Nc2ccc3[nH]ncc3c2)nc1NCCc1ccccn1. The van der Waals surface area contributed by atoms with Crippen molar-refractivity contribution in [2.75, 3.05) is 17.2 Å². The van der Waals surface area contributed by atoms with Crippen LogP contribution in [0.4, 0.5) is 21.8 Å². The van der Waals surface area contributed by atoms with Crippen LogP contribution in [0, 0.1) is 5.82 Å². The lowest BCUT2D eigenvalue weighted by atomic mass is 10.2. The number of hydrogen-bond donors (Lipinski definition) is 3. The van der Waals surface area contributed by atoms with Crippen LogP contribution in [0.25, 0.3) is 10.9 Å². The largest absolute Gasteiger partial charge is 0.367 e. The van der Waals surface area contributed by atoms with Crippen LogP contribution in [-0.2, 0) is 6.42 Å². The highest BCUT2D eigenvalue weighted by Gasteiger charge is 2.08. The number of pyridine rings is 1. The number of halogens is 1. The minimum Gasteiger partial charge on any atom is -0.367 e. The van der Waals surface area contributed by atoms with Crippen LogP contribution >= 0.6 is 0 Å². The zero-order valence-corrected chi connectivity index (χ0v) is 13.8. The molecule has 4 rings (SSSR count). The first-order chi connectivity index (χ1) is 12.8. The molecule has 130 valence electrons. The molecule has 7 nitrogen and oxygen atoms in total. The molecule has 1 aromatic carbocycles. The van der Waals surface area contributed by atoms with Gasteiger partial charge in [0, 0.05) is 35.9 Å². The van der Waals surface area contributed by atoms with Gasteiger partial charge in [-0.1, -0.05) is 6.07 Å². The minimum atomic E-state index is -0.498. The first kappa shape index (κ1) is 15.9. The zero-order valence-electron chi connectivity index (χ0n) is 13.8. The summed E-state index contributed by atoms with van der Waals surface area (Å²) in [6, 6.07) is 11.4. The molecule has 4 aromatic rings. The van der Waals surface area contributed by atoms with E-state index in [0.29, 0.717) is 18.9 Å². The number of benzene rings is 1. The monoisotopic (exact) mass is 349 g/mol. The zero-order chi connectivity index (χ0) is 17.8. The Kier molecular flexibility index (Phi) is 4.38. The molecule has 0 amide bonds. The Morgan fingerprint density at radius 1 is 1.08 bits per heavy atom. The highest BCUT2D eigenvalue weighted by molar-refractivity contribution is 5.82. The Labute approximate surface area is 148 Å². The summed E-state index contributed by atoms with van der Waals surface area (Å²) < 4.78 is 14.0. The predicted molar refractivity (Wildman–Crippen MR) is 97.8 cm³/mol. The predicted octanol–water partition coefficient (Wildman–Crippen LogP) is 3.29. The molecule has 0 fully saturated rings. The maximum atomic E-state index is 14.0. The maximum absolute atomic E-state index is 14.0. The molecule has 8 heteroatoms. The van der Waals surface area contributed by atoms with Gasteiger partial charge in [-0.05, 0) is 30.3 Å². The van der Waals surface area contributed by atoms with Crippen LogP contribution < -0.4 is 10.6 Å². The number of anilines is 3. The summed E-state index contributed by atoms with van der Waals surface area (Å²) in [6.07, 6.45) is 5.29. The molecule has 0 aliphatic carbocycles. The lowest BCUT2D eigenvalue weighted by Crippen LogP contribution is -2.10. The van der Waals surface area contributed by atoms with Gasteiger partial charge >= 0.3 is 0 Å². The third kappa shape index (κ3) is 3.59. The van der Waals surface area contributed by atoms with Gasteiger partial charge in [0.2, 0.25) is 5.95 Å². The van der Waals surface area contributed by atoms with Crippen molar-refractivity contribution in [2.45, 2.75) is 6.42 Å². The van der Waals surface area contributed by atoms with Crippen molar-refractivity contribution in [3.63, 3.8) is 0 Å². The van der Waals surface area contributed by atoms with E-state index in [9.17, 15) is 4.39 Å². The molecule has 0 radical (unpaired) electrons. The van der Waals surface area contributed by atoms with E-state index in [4.69, 9.17) is 0 Å². The molecule has 3 aromatic heterocycles. The van der Waals surface area contributed by atoms with Crippen molar-refractivity contribution in [2.24, 2.45) is 0 Å². The number of aromatic amines is 1. The second kappa shape index (κ2) is 7.14. The van der Waals surface area contributed by atoms with Crippen LogP contribution in [0.5, 0.6) is 0 Å². The molecule has 0 bridgehead atoms. The number of fused-ring (bicyclic) bond motifs is 1. The van der Waals surface area contributed by atoms with E-state index in [1.54, 1.807) is 12.4 Å². The number of H-pyrrole nitrogens is 1. The summed E-state index contributed by atoms with van der Waals surface area (Å²) in [5.41, 5.74) is 2.67. The van der Waals surface area contributed by atoms with Crippen LogP contribution in [-0.4, -0.2) is 31.7 Å². The molecule has 0 atom stereocenters. The number of hydrogen-bond acceptors (Lipinski definition) is 6. The quantitative estimate of drug-likeness (QED) is 0.495. The minimum absolute atomic E-state index is 0.155. The first-order valence-corrected chi connectivity index (χ1v) is 8.14.